The minimum Gasteiger partial charge on any atom is -0.493 e. The van der Waals surface area contributed by atoms with Crippen LogP contribution in [0.25, 0.3) is 0 Å². The normalized spacial score (nSPS) is 14.4. The number of rotatable bonds is 15. The van der Waals surface area contributed by atoms with Gasteiger partial charge in [0.15, 0.2) is 0 Å². The van der Waals surface area contributed by atoms with E-state index in [1.54, 1.807) is 6.92 Å². The van der Waals surface area contributed by atoms with Gasteiger partial charge < -0.3 is 19.8 Å². The topological polar surface area (TPSA) is 107 Å². The zero-order valence-electron chi connectivity index (χ0n) is 28.5. The summed E-state index contributed by atoms with van der Waals surface area (Å²) in [5, 5.41) is 9.88. The molecule has 5 rings (SSSR count). The van der Waals surface area contributed by atoms with E-state index in [-0.39, 0.29) is 12.1 Å². The van der Waals surface area contributed by atoms with Gasteiger partial charge in [-0.05, 0) is 87.2 Å². The fraction of sp³-hybridized carbons (Fsp3) is 0.275. The monoisotopic (exact) mass is 657 g/mol. The molecule has 49 heavy (non-hydrogen) atoms. The molecule has 1 unspecified atom stereocenters. The first kappa shape index (κ1) is 34.7. The van der Waals surface area contributed by atoms with Gasteiger partial charge in [0.05, 0.1) is 18.9 Å². The van der Waals surface area contributed by atoms with E-state index in [1.165, 1.54) is 0 Å². The molecule has 2 N–H and O–H groups in total. The summed E-state index contributed by atoms with van der Waals surface area (Å²) in [4.78, 5) is 30.2. The van der Waals surface area contributed by atoms with E-state index in [0.717, 1.165) is 51.7 Å². The van der Waals surface area contributed by atoms with Gasteiger partial charge in [0.1, 0.15) is 29.2 Å². The number of carbonyl (C=O) groups is 2. The Morgan fingerprint density at radius 1 is 0.796 bits per heavy atom. The number of anilines is 4. The Morgan fingerprint density at radius 2 is 1.45 bits per heavy atom. The van der Waals surface area contributed by atoms with Gasteiger partial charge in [-0.3, -0.25) is 14.5 Å². The number of hydrogen-bond donors (Lipinski definition) is 2. The highest BCUT2D eigenvalue weighted by Gasteiger charge is 2.39. The van der Waals surface area contributed by atoms with E-state index < -0.39 is 17.9 Å². The van der Waals surface area contributed by atoms with Gasteiger partial charge in [0, 0.05) is 29.7 Å². The molecular formula is C40H43N5O4. The van der Waals surface area contributed by atoms with Crippen molar-refractivity contribution < 1.29 is 19.1 Å². The highest BCUT2D eigenvalue weighted by molar-refractivity contribution is 6.12. The highest BCUT2D eigenvalue weighted by Crippen LogP contribution is 2.38. The Bertz CT molecular complexity index is 1800. The first-order chi connectivity index (χ1) is 23.8. The molecule has 4 aromatic rings. The number of nitrogens with one attached hydrogen (secondary N) is 2. The average molecular weight is 658 g/mol. The van der Waals surface area contributed by atoms with E-state index in [0.29, 0.717) is 36.6 Å². The second kappa shape index (κ2) is 16.5. The molecule has 0 bridgehead atoms. The smallest absolute Gasteiger partial charge is 0.271 e. The maximum atomic E-state index is 13.7. The van der Waals surface area contributed by atoms with Crippen molar-refractivity contribution in [3.63, 3.8) is 0 Å². The number of benzene rings is 4. The van der Waals surface area contributed by atoms with E-state index >= 15 is 0 Å². The van der Waals surface area contributed by atoms with E-state index in [2.05, 4.69) is 46.9 Å². The predicted octanol–water partition coefficient (Wildman–Crippen LogP) is 7.92. The molecule has 0 fully saturated rings. The van der Waals surface area contributed by atoms with Crippen molar-refractivity contribution in [1.82, 2.24) is 10.3 Å². The molecule has 9 nitrogen and oxygen atoms in total. The van der Waals surface area contributed by atoms with Crippen molar-refractivity contribution in [1.29, 1.82) is 5.26 Å². The lowest BCUT2D eigenvalue weighted by atomic mass is 9.96. The van der Waals surface area contributed by atoms with E-state index in [1.807, 2.05) is 92.7 Å². The minimum absolute atomic E-state index is 0.0506. The maximum absolute atomic E-state index is 13.7. The Hall–Kier alpha value is -5.59. The summed E-state index contributed by atoms with van der Waals surface area (Å²) in [7, 11) is 0. The number of carbonyl (C=O) groups excluding carboxylic acids is 2. The maximum Gasteiger partial charge on any atom is 0.271 e. The zero-order valence-corrected chi connectivity index (χ0v) is 28.5. The van der Waals surface area contributed by atoms with Gasteiger partial charge in [-0.25, -0.2) is 5.43 Å². The average Bonchev–Trinajstić information content (AvgIpc) is 3.10. The Balaban J connectivity index is 1.35. The van der Waals surface area contributed by atoms with Crippen LogP contribution in [0.4, 0.5) is 22.7 Å². The molecular weight excluding hydrogens is 614 g/mol. The van der Waals surface area contributed by atoms with Crippen LogP contribution in [0, 0.1) is 25.2 Å². The zero-order chi connectivity index (χ0) is 34.8. The van der Waals surface area contributed by atoms with Crippen LogP contribution in [0.15, 0.2) is 108 Å². The number of ether oxygens (including phenoxy) is 2. The molecule has 1 atom stereocenters. The molecule has 0 saturated carbocycles. The molecule has 0 aromatic heterocycles. The van der Waals surface area contributed by atoms with Gasteiger partial charge in [0.25, 0.3) is 11.8 Å². The molecule has 4 aromatic carbocycles. The van der Waals surface area contributed by atoms with Crippen LogP contribution in [-0.4, -0.2) is 42.5 Å². The van der Waals surface area contributed by atoms with Crippen molar-refractivity contribution in [3.8, 4) is 17.6 Å². The molecule has 0 radical (unpaired) electrons. The molecule has 2 amide bonds. The number of aryl methyl sites for hydroxylation is 2. The standard InChI is InChI=1S/C40H43N5O4/c1-5-6-23-49-37-26-33(45(31-14-9-7-10-15-31)32-16-11-8-12-17-32)19-20-35(37)42-43-38-30(4)34(27-41)39(46)44(40(38)47)22-13-24-48-36-21-18-28(2)25-29(36)3/h7-12,14-21,25-26,38,42-43H,5-6,13,22-24H2,1-4H3. The summed E-state index contributed by atoms with van der Waals surface area (Å²) in [5.74, 6) is 0.323. The highest BCUT2D eigenvalue weighted by atomic mass is 16.5. The SMILES string of the molecule is CCCCOc1cc(N(c2ccccc2)c2ccccc2)ccc1NNC1C(=O)N(CCCOc2ccc(C)cc2C)C(=O)C(C#N)=C1C. The van der Waals surface area contributed by atoms with Crippen LogP contribution in [-0.2, 0) is 9.59 Å². The van der Waals surface area contributed by atoms with Crippen LogP contribution in [0.5, 0.6) is 11.5 Å². The minimum atomic E-state index is -0.944. The summed E-state index contributed by atoms with van der Waals surface area (Å²) < 4.78 is 12.2. The molecule has 0 spiro atoms. The van der Waals surface area contributed by atoms with Gasteiger partial charge in [-0.1, -0.05) is 67.4 Å². The molecule has 0 aliphatic carbocycles. The lowest BCUT2D eigenvalue weighted by Gasteiger charge is -2.32. The van der Waals surface area contributed by atoms with Crippen molar-refractivity contribution >= 4 is 34.6 Å². The summed E-state index contributed by atoms with van der Waals surface area (Å²) >= 11 is 0. The first-order valence-electron chi connectivity index (χ1n) is 16.7. The number of nitriles is 1. The predicted molar refractivity (Wildman–Crippen MR) is 193 cm³/mol. The Morgan fingerprint density at radius 3 is 2.08 bits per heavy atom. The summed E-state index contributed by atoms with van der Waals surface area (Å²) in [6.07, 6.45) is 2.26. The number of para-hydroxylation sites is 2. The van der Waals surface area contributed by atoms with Crippen LogP contribution >= 0.6 is 0 Å². The van der Waals surface area contributed by atoms with Crippen LogP contribution in [0.3, 0.4) is 0 Å². The summed E-state index contributed by atoms with van der Waals surface area (Å²) in [6.45, 7) is 8.68. The van der Waals surface area contributed by atoms with E-state index in [9.17, 15) is 14.9 Å². The molecule has 252 valence electrons. The summed E-state index contributed by atoms with van der Waals surface area (Å²) in [6, 6.07) is 33.0. The van der Waals surface area contributed by atoms with Gasteiger partial charge in [-0.2, -0.15) is 5.26 Å². The number of imide groups is 1. The molecule has 1 heterocycles. The second-order valence-electron chi connectivity index (χ2n) is 12.0. The number of amides is 2. The third-order valence-corrected chi connectivity index (χ3v) is 8.38. The van der Waals surface area contributed by atoms with Crippen LogP contribution < -0.4 is 25.2 Å². The number of nitrogens with zero attached hydrogens (tertiary/aromatic N) is 3. The Kier molecular flexibility index (Phi) is 11.7. The van der Waals surface area contributed by atoms with Gasteiger partial charge in [0.2, 0.25) is 0 Å². The molecule has 0 saturated heterocycles. The van der Waals surface area contributed by atoms with Gasteiger partial charge >= 0.3 is 0 Å². The second-order valence-corrected chi connectivity index (χ2v) is 12.0. The van der Waals surface area contributed by atoms with Crippen molar-refractivity contribution in [2.45, 2.75) is 53.0 Å². The Labute approximate surface area is 288 Å². The molecule has 1 aliphatic rings. The fourth-order valence-electron chi connectivity index (χ4n) is 5.72. The van der Waals surface area contributed by atoms with Gasteiger partial charge in [-0.15, -0.1) is 0 Å². The van der Waals surface area contributed by atoms with E-state index in [4.69, 9.17) is 9.47 Å². The van der Waals surface area contributed by atoms with Crippen molar-refractivity contribution in [2.24, 2.45) is 0 Å². The quantitative estimate of drug-likeness (QED) is 0.0755. The lowest BCUT2D eigenvalue weighted by molar-refractivity contribution is -0.144. The third-order valence-electron chi connectivity index (χ3n) is 8.38. The number of unbranched alkanes of at least 4 members (excludes halogenated alkanes) is 1. The third kappa shape index (κ3) is 8.29. The number of hydrogen-bond acceptors (Lipinski definition) is 8. The van der Waals surface area contributed by atoms with Crippen molar-refractivity contribution in [2.75, 3.05) is 30.1 Å². The number of hydrazine groups is 1. The largest absolute Gasteiger partial charge is 0.493 e. The van der Waals surface area contributed by atoms with Crippen LogP contribution in [0.2, 0.25) is 0 Å². The molecule has 1 aliphatic heterocycles. The fourth-order valence-corrected chi connectivity index (χ4v) is 5.72. The molecule has 9 heteroatoms. The van der Waals surface area contributed by atoms with Crippen LogP contribution in [0.1, 0.15) is 44.2 Å². The first-order valence-corrected chi connectivity index (χ1v) is 16.7. The summed E-state index contributed by atoms with van der Waals surface area (Å²) in [5.41, 5.74) is 12.2. The lowest BCUT2D eigenvalue weighted by Crippen LogP contribution is -2.55. The van der Waals surface area contributed by atoms with Crippen molar-refractivity contribution in [3.05, 3.63) is 119 Å².